The second-order valence-electron chi connectivity index (χ2n) is 3.65. The Morgan fingerprint density at radius 2 is 2.25 bits per heavy atom. The lowest BCUT2D eigenvalue weighted by Gasteiger charge is -2.08. The molecule has 0 saturated carbocycles. The van der Waals surface area contributed by atoms with Gasteiger partial charge in [0.15, 0.2) is 0 Å². The third-order valence-corrected chi connectivity index (χ3v) is 2.65. The number of rotatable bonds is 5. The summed E-state index contributed by atoms with van der Waals surface area (Å²) in [6.07, 6.45) is 1.49. The molecule has 0 fully saturated rings. The zero-order chi connectivity index (χ0) is 14.5. The Hall–Kier alpha value is -2.45. The van der Waals surface area contributed by atoms with E-state index in [9.17, 15) is 10.1 Å². The van der Waals surface area contributed by atoms with Gasteiger partial charge < -0.3 is 4.74 Å². The fraction of sp³-hybridized carbons (Fsp3) is 0.0909. The van der Waals surface area contributed by atoms with Gasteiger partial charge in [-0.3, -0.25) is 15.5 Å². The van der Waals surface area contributed by atoms with E-state index >= 15 is 0 Å². The van der Waals surface area contributed by atoms with E-state index in [4.69, 9.17) is 22.2 Å². The average Bonchev–Trinajstić information content (AvgIpc) is 2.45. The molecular formula is C11H10ClN5O3. The minimum atomic E-state index is -0.561. The molecule has 1 heterocycles. The van der Waals surface area contributed by atoms with Gasteiger partial charge in [-0.2, -0.15) is 0 Å². The van der Waals surface area contributed by atoms with Crippen molar-refractivity contribution in [2.45, 2.75) is 6.61 Å². The first-order chi connectivity index (χ1) is 9.61. The van der Waals surface area contributed by atoms with Gasteiger partial charge in [0.2, 0.25) is 11.7 Å². The molecule has 2 aromatic rings. The van der Waals surface area contributed by atoms with E-state index in [1.807, 2.05) is 0 Å². The van der Waals surface area contributed by atoms with Crippen molar-refractivity contribution in [3.05, 3.63) is 51.3 Å². The van der Waals surface area contributed by atoms with Crippen LogP contribution in [0.3, 0.4) is 0 Å². The van der Waals surface area contributed by atoms with Gasteiger partial charge in [-0.1, -0.05) is 17.7 Å². The fourth-order valence-electron chi connectivity index (χ4n) is 1.48. The summed E-state index contributed by atoms with van der Waals surface area (Å²) in [6.45, 7) is 0.00176. The van der Waals surface area contributed by atoms with Gasteiger partial charge in [0.25, 0.3) is 0 Å². The number of halogens is 1. The number of nitro benzene ring substituents is 1. The van der Waals surface area contributed by atoms with Crippen molar-refractivity contribution in [1.29, 1.82) is 0 Å². The van der Waals surface area contributed by atoms with E-state index in [-0.39, 0.29) is 29.0 Å². The molecule has 2 rings (SSSR count). The van der Waals surface area contributed by atoms with Crippen LogP contribution < -0.4 is 16.0 Å². The van der Waals surface area contributed by atoms with Gasteiger partial charge >= 0.3 is 5.69 Å². The van der Waals surface area contributed by atoms with Crippen LogP contribution in [0.15, 0.2) is 30.5 Å². The Morgan fingerprint density at radius 3 is 2.95 bits per heavy atom. The number of para-hydroxylation sites is 1. The van der Waals surface area contributed by atoms with Crippen molar-refractivity contribution < 1.29 is 9.66 Å². The predicted octanol–water partition coefficient (Wildman–Crippen LogP) is 1.90. The van der Waals surface area contributed by atoms with Gasteiger partial charge in [-0.25, -0.2) is 15.8 Å². The molecule has 0 radical (unpaired) electrons. The lowest BCUT2D eigenvalue weighted by Crippen LogP contribution is -2.11. The first-order valence-corrected chi connectivity index (χ1v) is 5.84. The molecule has 0 saturated heterocycles. The molecule has 104 valence electrons. The molecule has 1 aromatic carbocycles. The molecule has 0 bridgehead atoms. The Bertz CT molecular complexity index is 637. The highest BCUT2D eigenvalue weighted by atomic mass is 35.5. The molecule has 0 spiro atoms. The minimum Gasteiger partial charge on any atom is -0.479 e. The number of aromatic nitrogens is 2. The van der Waals surface area contributed by atoms with Crippen LogP contribution in [0.5, 0.6) is 5.75 Å². The second kappa shape index (κ2) is 6.13. The molecule has 20 heavy (non-hydrogen) atoms. The molecule has 0 aliphatic heterocycles. The summed E-state index contributed by atoms with van der Waals surface area (Å²) in [5.74, 6) is 5.41. The summed E-state index contributed by atoms with van der Waals surface area (Å²) < 4.78 is 5.38. The number of nitrogen functional groups attached to an aromatic ring is 1. The summed E-state index contributed by atoms with van der Waals surface area (Å²) in [6, 6.07) is 5.91. The predicted molar refractivity (Wildman–Crippen MR) is 72.3 cm³/mol. The number of anilines is 1. The van der Waals surface area contributed by atoms with Crippen LogP contribution in [0.4, 0.5) is 11.6 Å². The number of nitrogens with two attached hydrogens (primary N) is 1. The van der Waals surface area contributed by atoms with E-state index in [2.05, 4.69) is 15.4 Å². The highest BCUT2D eigenvalue weighted by Crippen LogP contribution is 2.34. The molecule has 3 N–H and O–H groups in total. The molecule has 0 amide bonds. The zero-order valence-electron chi connectivity index (χ0n) is 10.1. The number of ether oxygens (including phenoxy) is 1. The van der Waals surface area contributed by atoms with Gasteiger partial charge in [0, 0.05) is 12.3 Å². The maximum atomic E-state index is 10.9. The van der Waals surface area contributed by atoms with Crippen LogP contribution in [-0.4, -0.2) is 14.9 Å². The van der Waals surface area contributed by atoms with E-state index in [1.54, 1.807) is 6.07 Å². The topological polar surface area (TPSA) is 116 Å². The molecule has 0 aliphatic carbocycles. The monoisotopic (exact) mass is 295 g/mol. The van der Waals surface area contributed by atoms with E-state index < -0.39 is 4.92 Å². The van der Waals surface area contributed by atoms with Crippen LogP contribution in [-0.2, 0) is 6.61 Å². The van der Waals surface area contributed by atoms with E-state index in [1.165, 1.54) is 24.4 Å². The van der Waals surface area contributed by atoms with Crippen molar-refractivity contribution in [1.82, 2.24) is 9.97 Å². The SMILES string of the molecule is NNc1nccc(COc2c(Cl)cccc2[N+](=O)[O-])n1. The molecule has 9 heteroatoms. The van der Waals surface area contributed by atoms with Crippen molar-refractivity contribution in [3.8, 4) is 5.75 Å². The molecule has 1 aromatic heterocycles. The summed E-state index contributed by atoms with van der Waals surface area (Å²) >= 11 is 5.90. The number of nitrogens with zero attached hydrogens (tertiary/aromatic N) is 3. The van der Waals surface area contributed by atoms with Crippen molar-refractivity contribution in [3.63, 3.8) is 0 Å². The average molecular weight is 296 g/mol. The normalized spacial score (nSPS) is 10.1. The van der Waals surface area contributed by atoms with Crippen molar-refractivity contribution in [2.75, 3.05) is 5.43 Å². The quantitative estimate of drug-likeness (QED) is 0.491. The number of hydrogen-bond donors (Lipinski definition) is 2. The number of benzene rings is 1. The Labute approximate surface area is 118 Å². The van der Waals surface area contributed by atoms with Crippen molar-refractivity contribution >= 4 is 23.2 Å². The molecule has 8 nitrogen and oxygen atoms in total. The second-order valence-corrected chi connectivity index (χ2v) is 4.06. The molecule has 0 aliphatic rings. The molecular weight excluding hydrogens is 286 g/mol. The van der Waals surface area contributed by atoms with Gasteiger partial charge in [0.1, 0.15) is 6.61 Å². The Kier molecular flexibility index (Phi) is 4.28. The number of hydrogen-bond acceptors (Lipinski definition) is 7. The Morgan fingerprint density at radius 1 is 1.45 bits per heavy atom. The molecule has 0 atom stereocenters. The van der Waals surface area contributed by atoms with Crippen LogP contribution in [0.1, 0.15) is 5.69 Å². The standard InChI is InChI=1S/C11H10ClN5O3/c12-8-2-1-3-9(17(18)19)10(8)20-6-7-4-5-14-11(15-7)16-13/h1-5H,6,13H2,(H,14,15,16). The lowest BCUT2D eigenvalue weighted by atomic mass is 10.3. The lowest BCUT2D eigenvalue weighted by molar-refractivity contribution is -0.385. The number of nitro groups is 1. The highest BCUT2D eigenvalue weighted by Gasteiger charge is 2.18. The van der Waals surface area contributed by atoms with Crippen molar-refractivity contribution in [2.24, 2.45) is 5.84 Å². The van der Waals surface area contributed by atoms with Crippen LogP contribution >= 0.6 is 11.6 Å². The summed E-state index contributed by atoms with van der Waals surface area (Å²) in [5.41, 5.74) is 2.59. The van der Waals surface area contributed by atoms with Gasteiger partial charge in [-0.05, 0) is 12.1 Å². The number of nitrogens with one attached hydrogen (secondary N) is 1. The Balaban J connectivity index is 2.20. The van der Waals surface area contributed by atoms with Gasteiger partial charge in [0.05, 0.1) is 15.6 Å². The first kappa shape index (κ1) is 14.0. The summed E-state index contributed by atoms with van der Waals surface area (Å²) in [7, 11) is 0. The summed E-state index contributed by atoms with van der Waals surface area (Å²) in [5, 5.41) is 11.1. The van der Waals surface area contributed by atoms with E-state index in [0.717, 1.165) is 0 Å². The van der Waals surface area contributed by atoms with Crippen LogP contribution in [0, 0.1) is 10.1 Å². The highest BCUT2D eigenvalue weighted by molar-refractivity contribution is 6.32. The maximum Gasteiger partial charge on any atom is 0.312 e. The third-order valence-electron chi connectivity index (χ3n) is 2.35. The smallest absolute Gasteiger partial charge is 0.312 e. The fourth-order valence-corrected chi connectivity index (χ4v) is 1.70. The largest absolute Gasteiger partial charge is 0.479 e. The summed E-state index contributed by atoms with van der Waals surface area (Å²) in [4.78, 5) is 18.2. The minimum absolute atomic E-state index is 0.0000339. The zero-order valence-corrected chi connectivity index (χ0v) is 10.9. The van der Waals surface area contributed by atoms with E-state index in [0.29, 0.717) is 5.69 Å². The first-order valence-electron chi connectivity index (χ1n) is 5.46. The number of hydrazine groups is 1. The maximum absolute atomic E-state index is 10.9. The third kappa shape index (κ3) is 3.11. The van der Waals surface area contributed by atoms with Crippen LogP contribution in [0.2, 0.25) is 5.02 Å². The molecule has 0 unspecified atom stereocenters. The van der Waals surface area contributed by atoms with Crippen LogP contribution in [0.25, 0.3) is 0 Å². The van der Waals surface area contributed by atoms with Gasteiger partial charge in [-0.15, -0.1) is 0 Å².